The molecule has 1 aliphatic rings. The van der Waals surface area contributed by atoms with Crippen molar-refractivity contribution in [2.45, 2.75) is 37.8 Å². The van der Waals surface area contributed by atoms with Crippen molar-refractivity contribution in [1.29, 1.82) is 0 Å². The monoisotopic (exact) mass is 409 g/mol. The lowest BCUT2D eigenvalue weighted by molar-refractivity contribution is -0.126. The third kappa shape index (κ3) is 4.17. The molecule has 2 heterocycles. The van der Waals surface area contributed by atoms with Gasteiger partial charge in [0.1, 0.15) is 0 Å². The minimum Gasteiger partial charge on any atom is -0.408 e. The Morgan fingerprint density at radius 2 is 2.07 bits per heavy atom. The van der Waals surface area contributed by atoms with Gasteiger partial charge in [-0.15, -0.1) is 0 Å². The van der Waals surface area contributed by atoms with Gasteiger partial charge in [0.05, 0.1) is 23.1 Å². The van der Waals surface area contributed by atoms with Crippen molar-refractivity contribution in [3.8, 4) is 0 Å². The standard InChI is InChI=1S/C23H27N3O4/c1-23(2,16-8-9-20-18(12-16)25-22(29)30-20)21(28)24-19(15-6-4-3-5-7-15)14-26-11-10-17(27)13-26/h3-9,12,17,19,27H,10-11,13-14H2,1-2H3,(H,24,28)(H,25,29)/t17-,19+/m0/s1. The van der Waals surface area contributed by atoms with E-state index in [0.29, 0.717) is 24.2 Å². The van der Waals surface area contributed by atoms with Crippen LogP contribution in [0.1, 0.15) is 37.4 Å². The highest BCUT2D eigenvalue weighted by molar-refractivity contribution is 5.89. The summed E-state index contributed by atoms with van der Waals surface area (Å²) in [6.45, 7) is 5.80. The number of rotatable bonds is 6. The van der Waals surface area contributed by atoms with Crippen LogP contribution in [0.5, 0.6) is 0 Å². The Labute approximate surface area is 174 Å². The van der Waals surface area contributed by atoms with Gasteiger partial charge >= 0.3 is 5.76 Å². The maximum Gasteiger partial charge on any atom is 0.417 e. The Kier molecular flexibility index (Phi) is 5.49. The highest BCUT2D eigenvalue weighted by Gasteiger charge is 2.33. The molecule has 0 spiro atoms. The van der Waals surface area contributed by atoms with Crippen molar-refractivity contribution < 1.29 is 14.3 Å². The number of likely N-dealkylation sites (tertiary alicyclic amines) is 1. The molecule has 158 valence electrons. The number of hydrogen-bond donors (Lipinski definition) is 3. The summed E-state index contributed by atoms with van der Waals surface area (Å²) in [7, 11) is 0. The van der Waals surface area contributed by atoms with Gasteiger partial charge in [-0.1, -0.05) is 36.4 Å². The summed E-state index contributed by atoms with van der Waals surface area (Å²) in [5, 5.41) is 13.1. The van der Waals surface area contributed by atoms with E-state index >= 15 is 0 Å². The number of H-pyrrole nitrogens is 1. The molecule has 3 aromatic rings. The fourth-order valence-corrected chi connectivity index (χ4v) is 3.97. The summed E-state index contributed by atoms with van der Waals surface area (Å²) < 4.78 is 5.06. The molecule has 3 N–H and O–H groups in total. The summed E-state index contributed by atoms with van der Waals surface area (Å²) in [5.74, 6) is -0.623. The van der Waals surface area contributed by atoms with E-state index in [9.17, 15) is 14.7 Å². The van der Waals surface area contributed by atoms with Crippen molar-refractivity contribution in [3.63, 3.8) is 0 Å². The number of nitrogens with one attached hydrogen (secondary N) is 2. The fraction of sp³-hybridized carbons (Fsp3) is 0.391. The highest BCUT2D eigenvalue weighted by Crippen LogP contribution is 2.28. The van der Waals surface area contributed by atoms with Crippen molar-refractivity contribution in [2.75, 3.05) is 19.6 Å². The Balaban J connectivity index is 1.57. The minimum atomic E-state index is -0.820. The molecule has 7 heteroatoms. The van der Waals surface area contributed by atoms with Crippen LogP contribution in [0.15, 0.2) is 57.7 Å². The van der Waals surface area contributed by atoms with Crippen LogP contribution >= 0.6 is 0 Å². The van der Waals surface area contributed by atoms with Gasteiger partial charge < -0.3 is 14.8 Å². The molecular weight excluding hydrogens is 382 g/mol. The van der Waals surface area contributed by atoms with Gasteiger partial charge in [0, 0.05) is 19.6 Å². The average molecular weight is 409 g/mol. The number of carbonyl (C=O) groups excluding carboxylic acids is 1. The van der Waals surface area contributed by atoms with Gasteiger partial charge in [-0.3, -0.25) is 14.7 Å². The van der Waals surface area contributed by atoms with E-state index in [1.165, 1.54) is 0 Å². The molecule has 0 unspecified atom stereocenters. The number of hydrogen-bond acceptors (Lipinski definition) is 5. The predicted molar refractivity (Wildman–Crippen MR) is 114 cm³/mol. The van der Waals surface area contributed by atoms with E-state index < -0.39 is 11.2 Å². The number of nitrogens with zero attached hydrogens (tertiary/aromatic N) is 1. The number of aromatic amines is 1. The molecule has 0 aliphatic carbocycles. The third-order valence-corrected chi connectivity index (χ3v) is 5.90. The molecule has 1 saturated heterocycles. The van der Waals surface area contributed by atoms with E-state index in [0.717, 1.165) is 24.1 Å². The number of amides is 1. The fourth-order valence-electron chi connectivity index (χ4n) is 3.97. The maximum atomic E-state index is 13.4. The molecule has 0 bridgehead atoms. The molecule has 7 nitrogen and oxygen atoms in total. The number of aliphatic hydroxyl groups excluding tert-OH is 1. The maximum absolute atomic E-state index is 13.4. The normalized spacial score (nSPS) is 18.6. The van der Waals surface area contributed by atoms with Crippen molar-refractivity contribution in [2.24, 2.45) is 0 Å². The lowest BCUT2D eigenvalue weighted by Crippen LogP contribution is -2.45. The zero-order valence-electron chi connectivity index (χ0n) is 17.2. The highest BCUT2D eigenvalue weighted by atomic mass is 16.4. The van der Waals surface area contributed by atoms with Crippen LogP contribution in [0.2, 0.25) is 0 Å². The Morgan fingerprint density at radius 3 is 2.77 bits per heavy atom. The lowest BCUT2D eigenvalue weighted by Gasteiger charge is -2.30. The molecule has 1 aliphatic heterocycles. The molecule has 0 saturated carbocycles. The SMILES string of the molecule is CC(C)(C(=O)N[C@H](CN1CC[C@H](O)C1)c1ccccc1)c1ccc2oc(=O)[nH]c2c1. The number of aliphatic hydroxyl groups is 1. The molecule has 30 heavy (non-hydrogen) atoms. The number of carbonyl (C=O) groups is 1. The van der Waals surface area contributed by atoms with E-state index in [1.807, 2.05) is 50.2 Å². The first kappa shape index (κ1) is 20.4. The number of fused-ring (bicyclic) bond motifs is 1. The van der Waals surface area contributed by atoms with Crippen LogP contribution in [0.25, 0.3) is 11.1 Å². The first-order chi connectivity index (χ1) is 14.3. The van der Waals surface area contributed by atoms with Gasteiger partial charge in [0.2, 0.25) is 5.91 Å². The predicted octanol–water partition coefficient (Wildman–Crippen LogP) is 2.32. The third-order valence-electron chi connectivity index (χ3n) is 5.90. The van der Waals surface area contributed by atoms with Crippen molar-refractivity contribution >= 4 is 17.0 Å². The van der Waals surface area contributed by atoms with Crippen LogP contribution in [0, 0.1) is 0 Å². The molecule has 0 radical (unpaired) electrons. The van der Waals surface area contributed by atoms with Crippen LogP contribution in [0.4, 0.5) is 0 Å². The Morgan fingerprint density at radius 1 is 1.30 bits per heavy atom. The summed E-state index contributed by atoms with van der Waals surface area (Å²) in [6.07, 6.45) is 0.446. The number of benzene rings is 2. The summed E-state index contributed by atoms with van der Waals surface area (Å²) >= 11 is 0. The molecule has 2 aromatic carbocycles. The lowest BCUT2D eigenvalue weighted by atomic mass is 9.83. The Bertz CT molecular complexity index is 1090. The second-order valence-corrected chi connectivity index (χ2v) is 8.49. The Hall–Kier alpha value is -2.90. The number of aromatic nitrogens is 1. The summed E-state index contributed by atoms with van der Waals surface area (Å²) in [5.41, 5.74) is 2.03. The van der Waals surface area contributed by atoms with Gasteiger partial charge in [-0.25, -0.2) is 4.79 Å². The van der Waals surface area contributed by atoms with E-state index in [-0.39, 0.29) is 18.1 Å². The topological polar surface area (TPSA) is 98.6 Å². The first-order valence-corrected chi connectivity index (χ1v) is 10.2. The molecular formula is C23H27N3O4. The molecule has 1 fully saturated rings. The van der Waals surface area contributed by atoms with E-state index in [1.54, 1.807) is 12.1 Å². The van der Waals surface area contributed by atoms with Crippen LogP contribution in [-0.4, -0.2) is 46.6 Å². The van der Waals surface area contributed by atoms with E-state index in [4.69, 9.17) is 4.42 Å². The summed E-state index contributed by atoms with van der Waals surface area (Å²) in [6, 6.07) is 15.0. The van der Waals surface area contributed by atoms with Crippen LogP contribution in [-0.2, 0) is 10.2 Å². The molecule has 4 rings (SSSR count). The molecule has 2 atom stereocenters. The minimum absolute atomic E-state index is 0.110. The van der Waals surface area contributed by atoms with Gasteiger partial charge in [-0.05, 0) is 43.5 Å². The first-order valence-electron chi connectivity index (χ1n) is 10.2. The van der Waals surface area contributed by atoms with E-state index in [2.05, 4.69) is 15.2 Å². The average Bonchev–Trinajstić information content (AvgIpc) is 3.31. The zero-order chi connectivity index (χ0) is 21.3. The van der Waals surface area contributed by atoms with Crippen molar-refractivity contribution in [3.05, 3.63) is 70.2 Å². The quantitative estimate of drug-likeness (QED) is 0.580. The summed E-state index contributed by atoms with van der Waals surface area (Å²) in [4.78, 5) is 29.6. The second-order valence-electron chi connectivity index (χ2n) is 8.49. The van der Waals surface area contributed by atoms with Gasteiger partial charge in [0.25, 0.3) is 0 Å². The van der Waals surface area contributed by atoms with Crippen LogP contribution in [0.3, 0.4) is 0 Å². The largest absolute Gasteiger partial charge is 0.417 e. The second kappa shape index (κ2) is 8.08. The molecule has 1 amide bonds. The zero-order valence-corrected chi connectivity index (χ0v) is 17.2. The van der Waals surface area contributed by atoms with Crippen molar-refractivity contribution in [1.82, 2.24) is 15.2 Å². The smallest absolute Gasteiger partial charge is 0.408 e. The number of β-amino-alcohol motifs (C(OH)–C–C–N with tert-alkyl or cyclic N) is 1. The van der Waals surface area contributed by atoms with Gasteiger partial charge in [-0.2, -0.15) is 0 Å². The van der Waals surface area contributed by atoms with Gasteiger partial charge in [0.15, 0.2) is 5.58 Å². The molecule has 1 aromatic heterocycles. The van der Waals surface area contributed by atoms with Crippen LogP contribution < -0.4 is 11.1 Å². The number of oxazole rings is 1.